The van der Waals surface area contributed by atoms with Gasteiger partial charge in [0, 0.05) is 22.4 Å². The second-order valence-electron chi connectivity index (χ2n) is 5.19. The first kappa shape index (κ1) is 15.0. The molecule has 0 atom stereocenters. The van der Waals surface area contributed by atoms with Gasteiger partial charge in [0.25, 0.3) is 0 Å². The second-order valence-corrected chi connectivity index (χ2v) is 5.19. The lowest BCUT2D eigenvalue weighted by atomic mass is 9.98. The number of ether oxygens (including phenoxy) is 2. The van der Waals surface area contributed by atoms with Crippen LogP contribution in [0.3, 0.4) is 0 Å². The molecule has 3 aromatic rings. The maximum Gasteiger partial charge on any atom is 0.127 e. The Morgan fingerprint density at radius 1 is 1.00 bits per heavy atom. The Bertz CT molecular complexity index is 823. The number of methoxy groups -OCH3 is 2. The molecule has 5 nitrogen and oxygen atoms in total. The minimum absolute atomic E-state index is 0.224. The predicted octanol–water partition coefficient (Wildman–Crippen LogP) is 3.77. The fourth-order valence-corrected chi connectivity index (χ4v) is 2.60. The Labute approximate surface area is 134 Å². The number of aromatic amines is 1. The van der Waals surface area contributed by atoms with Crippen molar-refractivity contribution in [2.24, 2.45) is 0 Å². The van der Waals surface area contributed by atoms with Gasteiger partial charge in [0.1, 0.15) is 22.9 Å². The average Bonchev–Trinajstić information content (AvgIpc) is 2.96. The van der Waals surface area contributed by atoms with Crippen molar-refractivity contribution < 1.29 is 14.6 Å². The quantitative estimate of drug-likeness (QED) is 0.769. The molecular weight excluding hydrogens is 292 g/mol. The Hall–Kier alpha value is -2.95. The molecule has 0 radical (unpaired) electrons. The smallest absolute Gasteiger partial charge is 0.127 e. The molecule has 0 aliphatic rings. The van der Waals surface area contributed by atoms with Gasteiger partial charge in [-0.3, -0.25) is 5.10 Å². The Morgan fingerprint density at radius 2 is 1.74 bits per heavy atom. The lowest BCUT2D eigenvalue weighted by Gasteiger charge is -2.12. The van der Waals surface area contributed by atoms with Crippen molar-refractivity contribution in [3.63, 3.8) is 0 Å². The van der Waals surface area contributed by atoms with Crippen molar-refractivity contribution in [3.05, 3.63) is 48.2 Å². The van der Waals surface area contributed by atoms with Crippen molar-refractivity contribution in [1.82, 2.24) is 10.2 Å². The first-order chi connectivity index (χ1) is 11.1. The first-order valence-electron chi connectivity index (χ1n) is 7.20. The monoisotopic (exact) mass is 310 g/mol. The molecule has 1 heterocycles. The number of aromatic hydroxyl groups is 1. The van der Waals surface area contributed by atoms with E-state index in [2.05, 4.69) is 10.2 Å². The number of aromatic nitrogens is 2. The number of aryl methyl sites for hydroxylation is 1. The molecule has 0 amide bonds. The SMILES string of the molecule is COc1ccc(OC)c(-c2c(-c3ccc(O)cc3)n[nH]c2C)c1. The highest BCUT2D eigenvalue weighted by Crippen LogP contribution is 2.40. The van der Waals surface area contributed by atoms with E-state index in [-0.39, 0.29) is 5.75 Å². The van der Waals surface area contributed by atoms with Crippen molar-refractivity contribution in [2.75, 3.05) is 14.2 Å². The van der Waals surface area contributed by atoms with Gasteiger partial charge in [-0.1, -0.05) is 0 Å². The molecule has 0 unspecified atom stereocenters. The minimum atomic E-state index is 0.224. The van der Waals surface area contributed by atoms with Gasteiger partial charge in [-0.05, 0) is 49.4 Å². The van der Waals surface area contributed by atoms with Crippen molar-refractivity contribution >= 4 is 0 Å². The summed E-state index contributed by atoms with van der Waals surface area (Å²) in [5.74, 6) is 1.72. The van der Waals surface area contributed by atoms with Crippen molar-refractivity contribution in [2.45, 2.75) is 6.92 Å². The van der Waals surface area contributed by atoms with Crippen LogP contribution in [0.4, 0.5) is 0 Å². The number of hydrogen-bond donors (Lipinski definition) is 2. The van der Waals surface area contributed by atoms with E-state index in [1.54, 1.807) is 26.4 Å². The third-order valence-corrected chi connectivity index (χ3v) is 3.76. The summed E-state index contributed by atoms with van der Waals surface area (Å²) >= 11 is 0. The molecule has 0 bridgehead atoms. The third-order valence-electron chi connectivity index (χ3n) is 3.76. The number of nitrogens with zero attached hydrogens (tertiary/aromatic N) is 1. The average molecular weight is 310 g/mol. The highest BCUT2D eigenvalue weighted by atomic mass is 16.5. The zero-order chi connectivity index (χ0) is 16.4. The summed E-state index contributed by atoms with van der Waals surface area (Å²) in [7, 11) is 3.27. The summed E-state index contributed by atoms with van der Waals surface area (Å²) < 4.78 is 10.8. The van der Waals surface area contributed by atoms with Crippen LogP contribution in [0, 0.1) is 6.92 Å². The molecule has 0 saturated carbocycles. The van der Waals surface area contributed by atoms with Gasteiger partial charge in [-0.25, -0.2) is 0 Å². The number of nitrogens with one attached hydrogen (secondary N) is 1. The molecule has 118 valence electrons. The zero-order valence-electron chi connectivity index (χ0n) is 13.3. The molecule has 0 aliphatic heterocycles. The van der Waals surface area contributed by atoms with Gasteiger partial charge in [-0.2, -0.15) is 5.10 Å². The highest BCUT2D eigenvalue weighted by molar-refractivity contribution is 5.86. The minimum Gasteiger partial charge on any atom is -0.508 e. The van der Waals surface area contributed by atoms with E-state index in [4.69, 9.17) is 9.47 Å². The summed E-state index contributed by atoms with van der Waals surface area (Å²) in [5.41, 5.74) is 4.49. The lowest BCUT2D eigenvalue weighted by molar-refractivity contribution is 0.404. The van der Waals surface area contributed by atoms with Gasteiger partial charge in [-0.15, -0.1) is 0 Å². The van der Waals surface area contributed by atoms with E-state index in [0.717, 1.165) is 39.6 Å². The highest BCUT2D eigenvalue weighted by Gasteiger charge is 2.18. The molecule has 0 saturated heterocycles. The van der Waals surface area contributed by atoms with E-state index in [9.17, 15) is 5.11 Å². The first-order valence-corrected chi connectivity index (χ1v) is 7.20. The lowest BCUT2D eigenvalue weighted by Crippen LogP contribution is -1.92. The molecule has 23 heavy (non-hydrogen) atoms. The topological polar surface area (TPSA) is 67.4 Å². The summed E-state index contributed by atoms with van der Waals surface area (Å²) in [4.78, 5) is 0. The molecule has 2 N–H and O–H groups in total. The van der Waals surface area contributed by atoms with Crippen molar-refractivity contribution in [3.8, 4) is 39.6 Å². The van der Waals surface area contributed by atoms with E-state index in [1.165, 1.54) is 0 Å². The molecule has 1 aromatic heterocycles. The number of phenolic OH excluding ortho intramolecular Hbond substituents is 1. The van der Waals surface area contributed by atoms with E-state index < -0.39 is 0 Å². The van der Waals surface area contributed by atoms with Gasteiger partial charge >= 0.3 is 0 Å². The summed E-state index contributed by atoms with van der Waals surface area (Å²) in [5, 5.41) is 16.9. The Morgan fingerprint density at radius 3 is 2.39 bits per heavy atom. The molecule has 0 spiro atoms. The van der Waals surface area contributed by atoms with Crippen LogP contribution in [0.25, 0.3) is 22.4 Å². The maximum atomic E-state index is 9.48. The van der Waals surface area contributed by atoms with Crippen LogP contribution in [0.15, 0.2) is 42.5 Å². The molecule has 0 fully saturated rings. The van der Waals surface area contributed by atoms with E-state index in [1.807, 2.05) is 37.3 Å². The van der Waals surface area contributed by atoms with Crippen molar-refractivity contribution in [1.29, 1.82) is 0 Å². The van der Waals surface area contributed by atoms with Gasteiger partial charge < -0.3 is 14.6 Å². The van der Waals surface area contributed by atoms with Crippen LogP contribution in [0.5, 0.6) is 17.2 Å². The molecular formula is C18H18N2O3. The Balaban J connectivity index is 2.21. The number of hydrogen-bond acceptors (Lipinski definition) is 4. The van der Waals surface area contributed by atoms with Crippen LogP contribution in [-0.4, -0.2) is 29.5 Å². The van der Waals surface area contributed by atoms with Gasteiger partial charge in [0.15, 0.2) is 0 Å². The largest absolute Gasteiger partial charge is 0.508 e. The van der Waals surface area contributed by atoms with Crippen LogP contribution >= 0.6 is 0 Å². The maximum absolute atomic E-state index is 9.48. The molecule has 5 heteroatoms. The number of rotatable bonds is 4. The van der Waals surface area contributed by atoms with Gasteiger partial charge in [0.2, 0.25) is 0 Å². The number of phenols is 1. The van der Waals surface area contributed by atoms with Gasteiger partial charge in [0.05, 0.1) is 14.2 Å². The number of H-pyrrole nitrogens is 1. The third kappa shape index (κ3) is 2.73. The standard InChI is InChI=1S/C18H18N2O3/c1-11-17(15-10-14(22-2)8-9-16(15)23-3)18(20-19-11)12-4-6-13(21)7-5-12/h4-10,21H,1-3H3,(H,19,20). The zero-order valence-corrected chi connectivity index (χ0v) is 13.3. The van der Waals surface area contributed by atoms with Crippen LogP contribution in [-0.2, 0) is 0 Å². The summed E-state index contributed by atoms with van der Waals surface area (Å²) in [6.45, 7) is 1.96. The fourth-order valence-electron chi connectivity index (χ4n) is 2.60. The molecule has 0 aliphatic carbocycles. The van der Waals surface area contributed by atoms with Crippen LogP contribution < -0.4 is 9.47 Å². The number of benzene rings is 2. The van der Waals surface area contributed by atoms with Crippen LogP contribution in [0.2, 0.25) is 0 Å². The Kier molecular flexibility index (Phi) is 3.93. The van der Waals surface area contributed by atoms with Crippen LogP contribution in [0.1, 0.15) is 5.69 Å². The second kappa shape index (κ2) is 6.04. The van der Waals surface area contributed by atoms with E-state index in [0.29, 0.717) is 0 Å². The summed E-state index contributed by atoms with van der Waals surface area (Å²) in [6, 6.07) is 12.6. The summed E-state index contributed by atoms with van der Waals surface area (Å²) in [6.07, 6.45) is 0. The molecule has 2 aromatic carbocycles. The molecule has 3 rings (SSSR count). The predicted molar refractivity (Wildman–Crippen MR) is 89.0 cm³/mol. The normalized spacial score (nSPS) is 10.6. The van der Waals surface area contributed by atoms with E-state index >= 15 is 0 Å². The fraction of sp³-hybridized carbons (Fsp3) is 0.167.